The second-order valence-corrected chi connectivity index (χ2v) is 3.60. The molecule has 0 saturated heterocycles. The Morgan fingerprint density at radius 3 is 3.06 bits per heavy atom. The number of pyridine rings is 1. The molecule has 0 atom stereocenters. The number of hydrogen-bond acceptors (Lipinski definition) is 5. The van der Waals surface area contributed by atoms with Gasteiger partial charge in [-0.3, -0.25) is 4.68 Å². The zero-order chi connectivity index (χ0) is 11.4. The fraction of sp³-hybridized carbons (Fsp3) is 0.222. The standard InChI is InChI=1S/C9H11ClN6/c10-8-5-7(11)6-13-9(8)12-1-3-16-4-2-14-15-16/h2,4-6H,1,3,11H2,(H,12,13). The van der Waals surface area contributed by atoms with Gasteiger partial charge >= 0.3 is 0 Å². The first-order valence-corrected chi connectivity index (χ1v) is 5.12. The van der Waals surface area contributed by atoms with E-state index in [0.717, 1.165) is 0 Å². The van der Waals surface area contributed by atoms with Gasteiger partial charge in [-0.1, -0.05) is 16.8 Å². The number of halogens is 1. The van der Waals surface area contributed by atoms with Crippen LogP contribution in [0.3, 0.4) is 0 Å². The molecule has 2 rings (SSSR count). The monoisotopic (exact) mass is 238 g/mol. The summed E-state index contributed by atoms with van der Waals surface area (Å²) in [6.07, 6.45) is 4.98. The Bertz CT molecular complexity index is 455. The number of nitrogens with one attached hydrogen (secondary N) is 1. The van der Waals surface area contributed by atoms with Crippen molar-refractivity contribution in [2.45, 2.75) is 6.54 Å². The molecule has 0 unspecified atom stereocenters. The van der Waals surface area contributed by atoms with Gasteiger partial charge in [-0.05, 0) is 6.07 Å². The molecule has 3 N–H and O–H groups in total. The van der Waals surface area contributed by atoms with Crippen molar-refractivity contribution in [3.8, 4) is 0 Å². The third kappa shape index (κ3) is 2.60. The average Bonchev–Trinajstić information content (AvgIpc) is 2.74. The molecule has 2 aromatic rings. The number of nitrogens with two attached hydrogens (primary N) is 1. The maximum Gasteiger partial charge on any atom is 0.144 e. The van der Waals surface area contributed by atoms with Crippen LogP contribution in [0.5, 0.6) is 0 Å². The summed E-state index contributed by atoms with van der Waals surface area (Å²) in [5.41, 5.74) is 6.08. The quantitative estimate of drug-likeness (QED) is 0.831. The number of hydrogen-bond donors (Lipinski definition) is 2. The molecule has 0 aromatic carbocycles. The van der Waals surface area contributed by atoms with Crippen LogP contribution >= 0.6 is 11.6 Å². The lowest BCUT2D eigenvalue weighted by molar-refractivity contribution is 0.608. The topological polar surface area (TPSA) is 81.6 Å². The van der Waals surface area contributed by atoms with Crippen LogP contribution in [0.25, 0.3) is 0 Å². The van der Waals surface area contributed by atoms with Gasteiger partial charge < -0.3 is 11.1 Å². The van der Waals surface area contributed by atoms with E-state index >= 15 is 0 Å². The molecule has 0 amide bonds. The molecule has 0 radical (unpaired) electrons. The van der Waals surface area contributed by atoms with E-state index in [-0.39, 0.29) is 0 Å². The van der Waals surface area contributed by atoms with Crippen LogP contribution in [0.1, 0.15) is 0 Å². The molecular weight excluding hydrogens is 228 g/mol. The molecule has 0 fully saturated rings. The SMILES string of the molecule is Nc1cnc(NCCn2ccnn2)c(Cl)c1. The van der Waals surface area contributed by atoms with Crippen molar-refractivity contribution in [2.24, 2.45) is 0 Å². The Labute approximate surface area is 97.4 Å². The van der Waals surface area contributed by atoms with Crippen molar-refractivity contribution in [1.29, 1.82) is 0 Å². The molecule has 0 aliphatic carbocycles. The van der Waals surface area contributed by atoms with E-state index in [1.54, 1.807) is 29.3 Å². The number of aromatic nitrogens is 4. The minimum atomic E-state index is 0.513. The van der Waals surface area contributed by atoms with Crippen molar-refractivity contribution in [3.63, 3.8) is 0 Å². The van der Waals surface area contributed by atoms with E-state index in [4.69, 9.17) is 17.3 Å². The first kappa shape index (κ1) is 10.7. The van der Waals surface area contributed by atoms with Gasteiger partial charge in [0.1, 0.15) is 5.82 Å². The fourth-order valence-electron chi connectivity index (χ4n) is 1.22. The van der Waals surface area contributed by atoms with Crippen LogP contribution < -0.4 is 11.1 Å². The third-order valence-electron chi connectivity index (χ3n) is 1.97. The van der Waals surface area contributed by atoms with E-state index in [9.17, 15) is 0 Å². The normalized spacial score (nSPS) is 10.3. The second-order valence-electron chi connectivity index (χ2n) is 3.19. The Kier molecular flexibility index (Phi) is 3.21. The summed E-state index contributed by atoms with van der Waals surface area (Å²) in [7, 11) is 0. The van der Waals surface area contributed by atoms with E-state index in [1.807, 2.05) is 0 Å². The molecule has 0 aliphatic rings. The summed E-state index contributed by atoms with van der Waals surface area (Å²) in [5.74, 6) is 0.621. The van der Waals surface area contributed by atoms with Gasteiger partial charge in [0.15, 0.2) is 0 Å². The Hall–Kier alpha value is -1.82. The molecule has 16 heavy (non-hydrogen) atoms. The number of nitrogen functional groups attached to an aromatic ring is 1. The summed E-state index contributed by atoms with van der Waals surface area (Å²) in [6, 6.07) is 1.66. The number of anilines is 2. The summed E-state index contributed by atoms with van der Waals surface area (Å²) in [5, 5.41) is 11.1. The van der Waals surface area contributed by atoms with Crippen molar-refractivity contribution in [1.82, 2.24) is 20.0 Å². The van der Waals surface area contributed by atoms with Crippen LogP contribution in [-0.4, -0.2) is 26.5 Å². The first-order valence-electron chi connectivity index (χ1n) is 4.75. The van der Waals surface area contributed by atoms with Crippen molar-refractivity contribution < 1.29 is 0 Å². The maximum atomic E-state index is 5.95. The molecule has 0 spiro atoms. The number of nitrogens with zero attached hydrogens (tertiary/aromatic N) is 4. The average molecular weight is 239 g/mol. The maximum absolute atomic E-state index is 5.95. The molecule has 2 aromatic heterocycles. The lowest BCUT2D eigenvalue weighted by Crippen LogP contribution is -2.12. The van der Waals surface area contributed by atoms with Crippen LogP contribution in [0.15, 0.2) is 24.7 Å². The predicted molar refractivity (Wildman–Crippen MR) is 62.2 cm³/mol. The Balaban J connectivity index is 1.90. The highest BCUT2D eigenvalue weighted by Gasteiger charge is 2.01. The molecular formula is C9H11ClN6. The summed E-state index contributed by atoms with van der Waals surface area (Å²) in [6.45, 7) is 1.36. The van der Waals surface area contributed by atoms with Gasteiger partial charge in [0.2, 0.25) is 0 Å². The minimum absolute atomic E-state index is 0.513. The zero-order valence-electron chi connectivity index (χ0n) is 8.47. The van der Waals surface area contributed by atoms with Gasteiger partial charge in [-0.2, -0.15) is 0 Å². The highest BCUT2D eigenvalue weighted by atomic mass is 35.5. The molecule has 0 bridgehead atoms. The van der Waals surface area contributed by atoms with Crippen LogP contribution in [0.4, 0.5) is 11.5 Å². The van der Waals surface area contributed by atoms with E-state index in [0.29, 0.717) is 29.6 Å². The van der Waals surface area contributed by atoms with Crippen LogP contribution in [0.2, 0.25) is 5.02 Å². The van der Waals surface area contributed by atoms with E-state index < -0.39 is 0 Å². The number of rotatable bonds is 4. The fourth-order valence-corrected chi connectivity index (χ4v) is 1.47. The molecule has 7 heteroatoms. The van der Waals surface area contributed by atoms with E-state index in [1.165, 1.54) is 0 Å². The Morgan fingerprint density at radius 2 is 2.38 bits per heavy atom. The van der Waals surface area contributed by atoms with Crippen molar-refractivity contribution in [2.75, 3.05) is 17.6 Å². The molecule has 6 nitrogen and oxygen atoms in total. The molecule has 2 heterocycles. The summed E-state index contributed by atoms with van der Waals surface area (Å²) >= 11 is 5.95. The van der Waals surface area contributed by atoms with Crippen LogP contribution in [0, 0.1) is 0 Å². The van der Waals surface area contributed by atoms with E-state index in [2.05, 4.69) is 20.6 Å². The lowest BCUT2D eigenvalue weighted by Gasteiger charge is -2.07. The lowest BCUT2D eigenvalue weighted by atomic mass is 10.4. The van der Waals surface area contributed by atoms with Gasteiger partial charge in [0, 0.05) is 12.7 Å². The van der Waals surface area contributed by atoms with Crippen LogP contribution in [-0.2, 0) is 6.54 Å². The summed E-state index contributed by atoms with van der Waals surface area (Å²) < 4.78 is 1.72. The third-order valence-corrected chi connectivity index (χ3v) is 2.26. The Morgan fingerprint density at radius 1 is 1.50 bits per heavy atom. The highest BCUT2D eigenvalue weighted by Crippen LogP contribution is 2.20. The highest BCUT2D eigenvalue weighted by molar-refractivity contribution is 6.33. The second kappa shape index (κ2) is 4.80. The van der Waals surface area contributed by atoms with Gasteiger partial charge in [-0.15, -0.1) is 5.10 Å². The minimum Gasteiger partial charge on any atom is -0.397 e. The largest absolute Gasteiger partial charge is 0.397 e. The first-order chi connectivity index (χ1) is 7.75. The smallest absolute Gasteiger partial charge is 0.144 e. The van der Waals surface area contributed by atoms with Crippen molar-refractivity contribution >= 4 is 23.1 Å². The summed E-state index contributed by atoms with van der Waals surface area (Å²) in [4.78, 5) is 4.08. The zero-order valence-corrected chi connectivity index (χ0v) is 9.22. The van der Waals surface area contributed by atoms with Gasteiger partial charge in [0.05, 0.1) is 29.6 Å². The van der Waals surface area contributed by atoms with Crippen molar-refractivity contribution in [3.05, 3.63) is 29.7 Å². The molecule has 84 valence electrons. The molecule has 0 aliphatic heterocycles. The molecule has 0 saturated carbocycles. The predicted octanol–water partition coefficient (Wildman–Crippen LogP) is 1.02. The van der Waals surface area contributed by atoms with Gasteiger partial charge in [-0.25, -0.2) is 4.98 Å². The van der Waals surface area contributed by atoms with Gasteiger partial charge in [0.25, 0.3) is 0 Å².